The summed E-state index contributed by atoms with van der Waals surface area (Å²) in [6.45, 7) is 2.11. The normalized spacial score (nSPS) is 12.3. The number of fused-ring (bicyclic) bond motifs is 1. The smallest absolute Gasteiger partial charge is 0.0737 e. The van der Waals surface area contributed by atoms with Gasteiger partial charge in [-0.2, -0.15) is 0 Å². The lowest BCUT2D eigenvalue weighted by Crippen LogP contribution is -2.07. The van der Waals surface area contributed by atoms with Crippen LogP contribution >= 0.6 is 11.6 Å². The molecule has 0 fully saturated rings. The van der Waals surface area contributed by atoms with Gasteiger partial charge >= 0.3 is 0 Å². The Labute approximate surface area is 122 Å². The van der Waals surface area contributed by atoms with Crippen molar-refractivity contribution in [3.8, 4) is 0 Å². The van der Waals surface area contributed by atoms with Gasteiger partial charge in [-0.1, -0.05) is 17.7 Å². The first kappa shape index (κ1) is 12.9. The molecule has 2 aromatic heterocycles. The van der Waals surface area contributed by atoms with E-state index in [-0.39, 0.29) is 6.04 Å². The van der Waals surface area contributed by atoms with Crippen molar-refractivity contribution in [2.45, 2.75) is 13.0 Å². The number of nitrogens with one attached hydrogen (secondary N) is 1. The molecule has 0 aliphatic heterocycles. The summed E-state index contributed by atoms with van der Waals surface area (Å²) in [6, 6.07) is 11.9. The molecule has 0 amide bonds. The van der Waals surface area contributed by atoms with Gasteiger partial charge in [-0.3, -0.25) is 9.97 Å². The SMILES string of the molecule is CC(Nc1ccnc2cc(Cl)ccc12)c1cccnc1. The lowest BCUT2D eigenvalue weighted by Gasteiger charge is -2.16. The lowest BCUT2D eigenvalue weighted by atomic mass is 10.1. The van der Waals surface area contributed by atoms with Crippen molar-refractivity contribution in [1.82, 2.24) is 9.97 Å². The third-order valence-corrected chi connectivity index (χ3v) is 3.50. The van der Waals surface area contributed by atoms with Gasteiger partial charge in [0, 0.05) is 34.7 Å². The first-order valence-electron chi connectivity index (χ1n) is 6.45. The number of hydrogen-bond donors (Lipinski definition) is 1. The van der Waals surface area contributed by atoms with Gasteiger partial charge in [-0.15, -0.1) is 0 Å². The van der Waals surface area contributed by atoms with Crippen LogP contribution in [0.1, 0.15) is 18.5 Å². The molecule has 3 nitrogen and oxygen atoms in total. The van der Waals surface area contributed by atoms with E-state index in [9.17, 15) is 0 Å². The molecular formula is C16H14ClN3. The Balaban J connectivity index is 1.95. The molecule has 1 aromatic carbocycles. The van der Waals surface area contributed by atoms with Gasteiger partial charge in [0.15, 0.2) is 0 Å². The summed E-state index contributed by atoms with van der Waals surface area (Å²) < 4.78 is 0. The van der Waals surface area contributed by atoms with E-state index in [2.05, 4.69) is 28.3 Å². The summed E-state index contributed by atoms with van der Waals surface area (Å²) in [7, 11) is 0. The van der Waals surface area contributed by atoms with Crippen LogP contribution in [0.2, 0.25) is 5.02 Å². The molecular weight excluding hydrogens is 270 g/mol. The van der Waals surface area contributed by atoms with E-state index in [0.29, 0.717) is 5.02 Å². The summed E-state index contributed by atoms with van der Waals surface area (Å²) >= 11 is 6.00. The van der Waals surface area contributed by atoms with Gasteiger partial charge in [0.25, 0.3) is 0 Å². The van der Waals surface area contributed by atoms with Gasteiger partial charge in [-0.05, 0) is 42.8 Å². The van der Waals surface area contributed by atoms with Gasteiger partial charge in [0.1, 0.15) is 0 Å². The van der Waals surface area contributed by atoms with E-state index in [1.807, 2.05) is 36.5 Å². The molecule has 0 saturated carbocycles. The zero-order valence-electron chi connectivity index (χ0n) is 11.0. The molecule has 100 valence electrons. The van der Waals surface area contributed by atoms with Crippen molar-refractivity contribution in [2.24, 2.45) is 0 Å². The summed E-state index contributed by atoms with van der Waals surface area (Å²) in [4.78, 5) is 8.50. The predicted molar refractivity (Wildman–Crippen MR) is 83.0 cm³/mol. The Morgan fingerprint density at radius 1 is 1.15 bits per heavy atom. The van der Waals surface area contributed by atoms with E-state index in [1.54, 1.807) is 12.4 Å². The highest BCUT2D eigenvalue weighted by Crippen LogP contribution is 2.27. The Bertz CT molecular complexity index is 728. The molecule has 2 heterocycles. The molecule has 4 heteroatoms. The molecule has 20 heavy (non-hydrogen) atoms. The minimum Gasteiger partial charge on any atom is -0.378 e. The zero-order chi connectivity index (χ0) is 13.9. The molecule has 0 aliphatic rings. The van der Waals surface area contributed by atoms with Gasteiger partial charge in [-0.25, -0.2) is 0 Å². The number of benzene rings is 1. The van der Waals surface area contributed by atoms with Crippen LogP contribution in [-0.4, -0.2) is 9.97 Å². The minimum absolute atomic E-state index is 0.171. The van der Waals surface area contributed by atoms with Gasteiger partial charge in [0.2, 0.25) is 0 Å². The Kier molecular flexibility index (Phi) is 3.52. The van der Waals surface area contributed by atoms with E-state index in [0.717, 1.165) is 22.2 Å². The largest absolute Gasteiger partial charge is 0.378 e. The second-order valence-corrected chi connectivity index (χ2v) is 5.11. The molecule has 3 rings (SSSR count). The summed E-state index contributed by atoms with van der Waals surface area (Å²) in [5, 5.41) is 5.26. The second kappa shape index (κ2) is 5.47. The van der Waals surface area contributed by atoms with Crippen molar-refractivity contribution in [3.05, 3.63) is 65.6 Å². The van der Waals surface area contributed by atoms with E-state index >= 15 is 0 Å². The van der Waals surface area contributed by atoms with E-state index < -0.39 is 0 Å². The van der Waals surface area contributed by atoms with Gasteiger partial charge in [0.05, 0.1) is 11.6 Å². The Morgan fingerprint density at radius 2 is 2.05 bits per heavy atom. The fourth-order valence-corrected chi connectivity index (χ4v) is 2.36. The number of anilines is 1. The molecule has 1 unspecified atom stereocenters. The number of rotatable bonds is 3. The van der Waals surface area contributed by atoms with Crippen LogP contribution in [0.4, 0.5) is 5.69 Å². The zero-order valence-corrected chi connectivity index (χ0v) is 11.8. The van der Waals surface area contributed by atoms with Crippen molar-refractivity contribution in [3.63, 3.8) is 0 Å². The summed E-state index contributed by atoms with van der Waals surface area (Å²) in [6.07, 6.45) is 5.44. The highest BCUT2D eigenvalue weighted by atomic mass is 35.5. The van der Waals surface area contributed by atoms with E-state index in [1.165, 1.54) is 0 Å². The Hall–Kier alpha value is -2.13. The molecule has 1 N–H and O–H groups in total. The average Bonchev–Trinajstić information content (AvgIpc) is 2.48. The maximum absolute atomic E-state index is 6.00. The average molecular weight is 284 g/mol. The van der Waals surface area contributed by atoms with Crippen LogP contribution in [-0.2, 0) is 0 Å². The fourth-order valence-electron chi connectivity index (χ4n) is 2.20. The third-order valence-electron chi connectivity index (χ3n) is 3.26. The highest BCUT2D eigenvalue weighted by molar-refractivity contribution is 6.31. The van der Waals surface area contributed by atoms with Crippen molar-refractivity contribution < 1.29 is 0 Å². The van der Waals surface area contributed by atoms with E-state index in [4.69, 9.17) is 11.6 Å². The second-order valence-electron chi connectivity index (χ2n) is 4.67. The number of hydrogen-bond acceptors (Lipinski definition) is 3. The molecule has 0 bridgehead atoms. The first-order chi connectivity index (χ1) is 9.74. The fraction of sp³-hybridized carbons (Fsp3) is 0.125. The molecule has 0 radical (unpaired) electrons. The minimum atomic E-state index is 0.171. The number of nitrogens with zero attached hydrogens (tertiary/aromatic N) is 2. The maximum atomic E-state index is 6.00. The molecule has 0 saturated heterocycles. The van der Waals surface area contributed by atoms with Crippen LogP contribution in [0.5, 0.6) is 0 Å². The molecule has 3 aromatic rings. The molecule has 1 atom stereocenters. The molecule has 0 aliphatic carbocycles. The topological polar surface area (TPSA) is 37.8 Å². The number of pyridine rings is 2. The highest BCUT2D eigenvalue weighted by Gasteiger charge is 2.08. The van der Waals surface area contributed by atoms with Crippen LogP contribution in [0.3, 0.4) is 0 Å². The van der Waals surface area contributed by atoms with Crippen LogP contribution in [0.25, 0.3) is 10.9 Å². The molecule has 0 spiro atoms. The van der Waals surface area contributed by atoms with Crippen LogP contribution in [0, 0.1) is 0 Å². The van der Waals surface area contributed by atoms with Gasteiger partial charge < -0.3 is 5.32 Å². The monoisotopic (exact) mass is 283 g/mol. The lowest BCUT2D eigenvalue weighted by molar-refractivity contribution is 0.877. The first-order valence-corrected chi connectivity index (χ1v) is 6.82. The number of halogens is 1. The summed E-state index contributed by atoms with van der Waals surface area (Å²) in [5.74, 6) is 0. The van der Waals surface area contributed by atoms with Crippen LogP contribution < -0.4 is 5.32 Å². The Morgan fingerprint density at radius 3 is 2.85 bits per heavy atom. The third kappa shape index (κ3) is 2.58. The standard InChI is InChI=1S/C16H14ClN3/c1-11(12-3-2-7-18-10-12)20-15-6-8-19-16-9-13(17)4-5-14(15)16/h2-11H,1H3,(H,19,20). The quantitative estimate of drug-likeness (QED) is 0.771. The van der Waals surface area contributed by atoms with Crippen LogP contribution in [0.15, 0.2) is 55.0 Å². The van der Waals surface area contributed by atoms with Crippen molar-refractivity contribution >= 4 is 28.2 Å². The van der Waals surface area contributed by atoms with Crippen molar-refractivity contribution in [1.29, 1.82) is 0 Å². The maximum Gasteiger partial charge on any atom is 0.0737 e. The number of aromatic nitrogens is 2. The predicted octanol–water partition coefficient (Wildman–Crippen LogP) is 4.46. The van der Waals surface area contributed by atoms with Crippen molar-refractivity contribution in [2.75, 3.05) is 5.32 Å². The summed E-state index contributed by atoms with van der Waals surface area (Å²) in [5.41, 5.74) is 3.08.